The van der Waals surface area contributed by atoms with Crippen molar-refractivity contribution in [3.05, 3.63) is 46.5 Å². The molecule has 28 heavy (non-hydrogen) atoms. The Hall–Kier alpha value is -2.14. The minimum atomic E-state index is -0.148. The lowest BCUT2D eigenvalue weighted by molar-refractivity contribution is -0.111. The number of nitrogens with one attached hydrogen (secondary N) is 1. The molecule has 0 fully saturated rings. The molecule has 1 heterocycles. The average Bonchev–Trinajstić information content (AvgIpc) is 3.06. The van der Waals surface area contributed by atoms with Gasteiger partial charge in [0.05, 0.1) is 12.3 Å². The third-order valence-electron chi connectivity index (χ3n) is 5.17. The molecular formula is C23H30N2O2S. The van der Waals surface area contributed by atoms with E-state index in [4.69, 9.17) is 4.74 Å². The third-order valence-corrected chi connectivity index (χ3v) is 6.21. The van der Waals surface area contributed by atoms with E-state index in [0.717, 1.165) is 36.3 Å². The molecular weight excluding hydrogens is 368 g/mol. The van der Waals surface area contributed by atoms with Crippen molar-refractivity contribution in [2.45, 2.75) is 53.4 Å². The first-order chi connectivity index (χ1) is 13.3. The summed E-state index contributed by atoms with van der Waals surface area (Å²) in [7, 11) is 0. The van der Waals surface area contributed by atoms with Crippen LogP contribution in [0.3, 0.4) is 0 Å². The monoisotopic (exact) mass is 398 g/mol. The van der Waals surface area contributed by atoms with E-state index in [1.807, 2.05) is 30.3 Å². The fourth-order valence-corrected chi connectivity index (χ4v) is 4.47. The van der Waals surface area contributed by atoms with Gasteiger partial charge in [-0.1, -0.05) is 39.8 Å². The Labute approximate surface area is 172 Å². The van der Waals surface area contributed by atoms with Gasteiger partial charge in [0.1, 0.15) is 5.75 Å². The highest BCUT2D eigenvalue weighted by Crippen LogP contribution is 2.40. The zero-order chi connectivity index (χ0) is 20.1. The molecule has 1 aliphatic carbocycles. The molecule has 0 spiro atoms. The summed E-state index contributed by atoms with van der Waals surface area (Å²) >= 11 is 1.62. The van der Waals surface area contributed by atoms with Crippen molar-refractivity contribution in [3.8, 4) is 5.75 Å². The number of fused-ring (bicyclic) bond motifs is 1. The number of carbonyl (C=O) groups is 1. The summed E-state index contributed by atoms with van der Waals surface area (Å²) in [5, 5.41) is 3.63. The van der Waals surface area contributed by atoms with Crippen LogP contribution in [0.1, 0.15) is 56.7 Å². The Morgan fingerprint density at radius 2 is 2.07 bits per heavy atom. The maximum Gasteiger partial charge on any atom is 0.250 e. The van der Waals surface area contributed by atoms with Crippen molar-refractivity contribution in [1.29, 1.82) is 0 Å². The quantitative estimate of drug-likeness (QED) is 0.632. The molecule has 1 aromatic heterocycles. The highest BCUT2D eigenvalue weighted by Gasteiger charge is 2.30. The number of carbonyl (C=O) groups excluding carboxylic acids is 1. The van der Waals surface area contributed by atoms with Crippen molar-refractivity contribution in [1.82, 2.24) is 4.98 Å². The Morgan fingerprint density at radius 1 is 1.32 bits per heavy atom. The lowest BCUT2D eigenvalue weighted by Gasteiger charge is -2.33. The van der Waals surface area contributed by atoms with E-state index >= 15 is 0 Å². The summed E-state index contributed by atoms with van der Waals surface area (Å²) in [4.78, 5) is 18.2. The standard InChI is InChI=1S/C23H30N2O2S/c1-5-14-27-18-10-6-16(7-11-18)8-13-21(26)25-22-24-19-12-9-17(23(2,3)4)15-20(19)28-22/h6-8,10-11,13,17H,5,9,12,14-15H2,1-4H3,(H,24,25,26)/b13-8+. The van der Waals surface area contributed by atoms with E-state index in [9.17, 15) is 4.79 Å². The van der Waals surface area contributed by atoms with Crippen LogP contribution in [-0.2, 0) is 17.6 Å². The molecule has 1 unspecified atom stereocenters. The number of ether oxygens (including phenoxy) is 1. The number of rotatable bonds is 6. The minimum Gasteiger partial charge on any atom is -0.494 e. The number of benzene rings is 1. The topological polar surface area (TPSA) is 51.2 Å². The molecule has 0 saturated heterocycles. The summed E-state index contributed by atoms with van der Waals surface area (Å²) in [6.07, 6.45) is 7.59. The highest BCUT2D eigenvalue weighted by molar-refractivity contribution is 7.15. The van der Waals surface area contributed by atoms with E-state index in [0.29, 0.717) is 23.1 Å². The van der Waals surface area contributed by atoms with Crippen LogP contribution in [0.5, 0.6) is 5.75 Å². The van der Waals surface area contributed by atoms with Crippen molar-refractivity contribution >= 4 is 28.5 Å². The second kappa shape index (κ2) is 8.91. The third kappa shape index (κ3) is 5.44. The van der Waals surface area contributed by atoms with Crippen LogP contribution in [0.4, 0.5) is 5.13 Å². The van der Waals surface area contributed by atoms with Crippen LogP contribution in [0, 0.1) is 11.3 Å². The van der Waals surface area contributed by atoms with Crippen molar-refractivity contribution in [3.63, 3.8) is 0 Å². The normalized spacial score (nSPS) is 16.8. The fourth-order valence-electron chi connectivity index (χ4n) is 3.38. The van der Waals surface area contributed by atoms with E-state index in [-0.39, 0.29) is 5.91 Å². The molecule has 1 atom stereocenters. The van der Waals surface area contributed by atoms with Crippen molar-refractivity contribution in [2.75, 3.05) is 11.9 Å². The van der Waals surface area contributed by atoms with Crippen LogP contribution in [0.2, 0.25) is 0 Å². The molecule has 1 N–H and O–H groups in total. The number of nitrogens with zero attached hydrogens (tertiary/aromatic N) is 1. The lowest BCUT2D eigenvalue weighted by atomic mass is 9.73. The van der Waals surface area contributed by atoms with Gasteiger partial charge in [-0.15, -0.1) is 11.3 Å². The lowest BCUT2D eigenvalue weighted by Crippen LogP contribution is -2.26. The maximum atomic E-state index is 12.3. The van der Waals surface area contributed by atoms with Gasteiger partial charge in [-0.2, -0.15) is 0 Å². The number of anilines is 1. The molecule has 0 aliphatic heterocycles. The number of hydrogen-bond donors (Lipinski definition) is 1. The molecule has 2 aromatic rings. The first kappa shape index (κ1) is 20.6. The van der Waals surface area contributed by atoms with Crippen LogP contribution < -0.4 is 10.1 Å². The summed E-state index contributed by atoms with van der Waals surface area (Å²) in [6.45, 7) is 9.71. The molecule has 3 rings (SSSR count). The number of amides is 1. The molecule has 1 aromatic carbocycles. The second-order valence-electron chi connectivity index (χ2n) is 8.43. The van der Waals surface area contributed by atoms with Gasteiger partial charge in [0, 0.05) is 11.0 Å². The highest BCUT2D eigenvalue weighted by atomic mass is 32.1. The van der Waals surface area contributed by atoms with Crippen LogP contribution in [-0.4, -0.2) is 17.5 Å². The number of aromatic nitrogens is 1. The van der Waals surface area contributed by atoms with Gasteiger partial charge in [-0.05, 0) is 60.8 Å². The number of hydrogen-bond acceptors (Lipinski definition) is 4. The Balaban J connectivity index is 1.57. The van der Waals surface area contributed by atoms with Crippen molar-refractivity contribution < 1.29 is 9.53 Å². The van der Waals surface area contributed by atoms with E-state index in [1.54, 1.807) is 17.4 Å². The summed E-state index contributed by atoms with van der Waals surface area (Å²) in [6, 6.07) is 7.74. The molecule has 0 radical (unpaired) electrons. The summed E-state index contributed by atoms with van der Waals surface area (Å²) in [5.41, 5.74) is 2.43. The number of aryl methyl sites for hydroxylation is 1. The van der Waals surface area contributed by atoms with Gasteiger partial charge in [0.25, 0.3) is 0 Å². The fraction of sp³-hybridized carbons (Fsp3) is 0.478. The zero-order valence-electron chi connectivity index (χ0n) is 17.2. The Bertz CT molecular complexity index is 831. The predicted octanol–water partition coefficient (Wildman–Crippen LogP) is 5.73. The Kier molecular flexibility index (Phi) is 6.55. The SMILES string of the molecule is CCCOc1ccc(/C=C/C(=O)Nc2nc3c(s2)CC(C(C)(C)C)CC3)cc1. The minimum absolute atomic E-state index is 0.148. The van der Waals surface area contributed by atoms with Gasteiger partial charge < -0.3 is 4.74 Å². The molecule has 4 nitrogen and oxygen atoms in total. The van der Waals surface area contributed by atoms with E-state index in [1.165, 1.54) is 11.3 Å². The van der Waals surface area contributed by atoms with Crippen LogP contribution >= 0.6 is 11.3 Å². The average molecular weight is 399 g/mol. The van der Waals surface area contributed by atoms with Crippen LogP contribution in [0.25, 0.3) is 6.08 Å². The maximum absolute atomic E-state index is 12.3. The first-order valence-corrected chi connectivity index (χ1v) is 10.9. The molecule has 5 heteroatoms. The largest absolute Gasteiger partial charge is 0.494 e. The number of thiazole rings is 1. The molecule has 1 aliphatic rings. The first-order valence-electron chi connectivity index (χ1n) is 10.1. The summed E-state index contributed by atoms with van der Waals surface area (Å²) < 4.78 is 5.57. The molecule has 0 saturated carbocycles. The predicted molar refractivity (Wildman–Crippen MR) is 117 cm³/mol. The van der Waals surface area contributed by atoms with Gasteiger partial charge in [-0.3, -0.25) is 10.1 Å². The van der Waals surface area contributed by atoms with E-state index < -0.39 is 0 Å². The van der Waals surface area contributed by atoms with Gasteiger partial charge in [-0.25, -0.2) is 4.98 Å². The molecule has 150 valence electrons. The van der Waals surface area contributed by atoms with Gasteiger partial charge in [0.2, 0.25) is 5.91 Å². The van der Waals surface area contributed by atoms with Crippen molar-refractivity contribution in [2.24, 2.45) is 11.3 Å². The second-order valence-corrected chi connectivity index (χ2v) is 9.52. The molecule has 0 bridgehead atoms. The summed E-state index contributed by atoms with van der Waals surface area (Å²) in [5.74, 6) is 1.38. The van der Waals surface area contributed by atoms with Gasteiger partial charge >= 0.3 is 0 Å². The zero-order valence-corrected chi connectivity index (χ0v) is 18.1. The van der Waals surface area contributed by atoms with Crippen LogP contribution in [0.15, 0.2) is 30.3 Å². The smallest absolute Gasteiger partial charge is 0.250 e. The Morgan fingerprint density at radius 3 is 2.75 bits per heavy atom. The van der Waals surface area contributed by atoms with Gasteiger partial charge in [0.15, 0.2) is 5.13 Å². The van der Waals surface area contributed by atoms with E-state index in [2.05, 4.69) is 38.0 Å². The molecule has 1 amide bonds.